The molecule has 1 heterocycles. The van der Waals surface area contributed by atoms with E-state index in [9.17, 15) is 8.42 Å². The Morgan fingerprint density at radius 3 is 2.74 bits per heavy atom. The van der Waals surface area contributed by atoms with Crippen molar-refractivity contribution >= 4 is 10.0 Å². The fourth-order valence-electron chi connectivity index (χ4n) is 1.76. The van der Waals surface area contributed by atoms with Crippen molar-refractivity contribution in [3.8, 4) is 0 Å². The molecular weight excluding hydrogens is 266 g/mol. The van der Waals surface area contributed by atoms with Crippen LogP contribution in [0.1, 0.15) is 12.6 Å². The van der Waals surface area contributed by atoms with Crippen LogP contribution in [-0.2, 0) is 28.4 Å². The Hall–Kier alpha value is -0.890. The van der Waals surface area contributed by atoms with Gasteiger partial charge in [0.1, 0.15) is 0 Å². The molecule has 1 atom stereocenters. The third kappa shape index (κ3) is 4.61. The topological polar surface area (TPSA) is 72.4 Å². The van der Waals surface area contributed by atoms with Gasteiger partial charge in [-0.25, -0.2) is 13.1 Å². The third-order valence-electron chi connectivity index (χ3n) is 2.82. The van der Waals surface area contributed by atoms with Gasteiger partial charge >= 0.3 is 0 Å². The summed E-state index contributed by atoms with van der Waals surface area (Å²) in [5.74, 6) is 0.139. The fourth-order valence-corrected chi connectivity index (χ4v) is 3.02. The number of hydrogen-bond acceptors (Lipinski definition) is 4. The van der Waals surface area contributed by atoms with Gasteiger partial charge in [0, 0.05) is 45.7 Å². The summed E-state index contributed by atoms with van der Waals surface area (Å²) in [5, 5.41) is 3.00. The second kappa shape index (κ2) is 7.04. The number of hydrogen-bond donors (Lipinski definition) is 2. The number of rotatable bonds is 8. The zero-order valence-electron chi connectivity index (χ0n) is 11.9. The minimum Gasteiger partial charge on any atom is -0.384 e. The molecule has 1 aromatic heterocycles. The SMILES string of the molecule is CNCc1cc(S(=O)(=O)NCC(C)COC)cn1C. The van der Waals surface area contributed by atoms with Gasteiger partial charge in [0.2, 0.25) is 10.0 Å². The highest BCUT2D eigenvalue weighted by molar-refractivity contribution is 7.89. The van der Waals surface area contributed by atoms with Crippen LogP contribution in [0.3, 0.4) is 0 Å². The summed E-state index contributed by atoms with van der Waals surface area (Å²) >= 11 is 0. The Balaban J connectivity index is 2.74. The highest BCUT2D eigenvalue weighted by Crippen LogP contribution is 2.13. The number of nitrogens with zero attached hydrogens (tertiary/aromatic N) is 1. The standard InChI is InChI=1S/C12H23N3O3S/c1-10(9-18-4)6-14-19(16,17)12-5-11(7-13-2)15(3)8-12/h5,8,10,13-14H,6-7,9H2,1-4H3. The zero-order chi connectivity index (χ0) is 14.5. The molecule has 0 spiro atoms. The van der Waals surface area contributed by atoms with Crippen molar-refractivity contribution < 1.29 is 13.2 Å². The van der Waals surface area contributed by atoms with E-state index in [-0.39, 0.29) is 5.92 Å². The maximum atomic E-state index is 12.1. The molecule has 1 aromatic rings. The largest absolute Gasteiger partial charge is 0.384 e. The number of aryl methyl sites for hydroxylation is 1. The Labute approximate surface area is 115 Å². The number of methoxy groups -OCH3 is 1. The van der Waals surface area contributed by atoms with E-state index in [1.54, 1.807) is 19.4 Å². The van der Waals surface area contributed by atoms with Gasteiger partial charge in [0.25, 0.3) is 0 Å². The van der Waals surface area contributed by atoms with Crippen LogP contribution < -0.4 is 10.0 Å². The smallest absolute Gasteiger partial charge is 0.242 e. The molecule has 1 unspecified atom stereocenters. The monoisotopic (exact) mass is 289 g/mol. The molecule has 0 aliphatic rings. The highest BCUT2D eigenvalue weighted by atomic mass is 32.2. The van der Waals surface area contributed by atoms with Crippen LogP contribution in [0.25, 0.3) is 0 Å². The van der Waals surface area contributed by atoms with Gasteiger partial charge in [-0.05, 0) is 19.0 Å². The molecule has 0 aliphatic heterocycles. The Morgan fingerprint density at radius 1 is 1.47 bits per heavy atom. The first kappa shape index (κ1) is 16.2. The van der Waals surface area contributed by atoms with Gasteiger partial charge < -0.3 is 14.6 Å². The lowest BCUT2D eigenvalue weighted by atomic mass is 10.2. The van der Waals surface area contributed by atoms with E-state index in [2.05, 4.69) is 10.0 Å². The quantitative estimate of drug-likeness (QED) is 0.722. The van der Waals surface area contributed by atoms with E-state index < -0.39 is 10.0 Å². The first-order valence-electron chi connectivity index (χ1n) is 6.19. The summed E-state index contributed by atoms with van der Waals surface area (Å²) in [4.78, 5) is 0.296. The van der Waals surface area contributed by atoms with Crippen molar-refractivity contribution in [3.05, 3.63) is 18.0 Å². The molecule has 110 valence electrons. The molecule has 0 aromatic carbocycles. The molecule has 0 bridgehead atoms. The lowest BCUT2D eigenvalue weighted by Crippen LogP contribution is -2.29. The predicted molar refractivity (Wildman–Crippen MR) is 74.4 cm³/mol. The number of ether oxygens (including phenoxy) is 1. The van der Waals surface area contributed by atoms with Crippen molar-refractivity contribution in [2.45, 2.75) is 18.4 Å². The molecule has 0 saturated heterocycles. The van der Waals surface area contributed by atoms with E-state index in [0.29, 0.717) is 24.6 Å². The second-order valence-corrected chi connectivity index (χ2v) is 6.49. The van der Waals surface area contributed by atoms with Gasteiger partial charge in [0.05, 0.1) is 4.90 Å². The van der Waals surface area contributed by atoms with Crippen molar-refractivity contribution in [1.29, 1.82) is 0 Å². The van der Waals surface area contributed by atoms with Crippen molar-refractivity contribution in [1.82, 2.24) is 14.6 Å². The van der Waals surface area contributed by atoms with Gasteiger partial charge in [-0.1, -0.05) is 6.92 Å². The molecule has 7 heteroatoms. The Bertz CT molecular complexity index is 496. The lowest BCUT2D eigenvalue weighted by molar-refractivity contribution is 0.161. The summed E-state index contributed by atoms with van der Waals surface area (Å²) in [6, 6.07) is 1.68. The summed E-state index contributed by atoms with van der Waals surface area (Å²) in [6.07, 6.45) is 1.62. The van der Waals surface area contributed by atoms with Crippen LogP contribution in [0, 0.1) is 5.92 Å². The lowest BCUT2D eigenvalue weighted by Gasteiger charge is -2.11. The molecule has 0 amide bonds. The van der Waals surface area contributed by atoms with E-state index in [0.717, 1.165) is 5.69 Å². The fraction of sp³-hybridized carbons (Fsp3) is 0.667. The molecule has 2 N–H and O–H groups in total. The van der Waals surface area contributed by atoms with Crippen molar-refractivity contribution in [2.75, 3.05) is 27.3 Å². The van der Waals surface area contributed by atoms with E-state index >= 15 is 0 Å². The number of aromatic nitrogens is 1. The van der Waals surface area contributed by atoms with Gasteiger partial charge in [-0.2, -0.15) is 0 Å². The molecule has 1 rings (SSSR count). The Kier molecular flexibility index (Phi) is 5.99. The normalized spacial score (nSPS) is 13.7. The predicted octanol–water partition coefficient (Wildman–Crippen LogP) is 0.305. The number of sulfonamides is 1. The third-order valence-corrected chi connectivity index (χ3v) is 4.21. The molecule has 6 nitrogen and oxygen atoms in total. The van der Waals surface area contributed by atoms with Crippen molar-refractivity contribution in [3.63, 3.8) is 0 Å². The van der Waals surface area contributed by atoms with Crippen LogP contribution in [0.5, 0.6) is 0 Å². The van der Waals surface area contributed by atoms with Crippen LogP contribution in [0.2, 0.25) is 0 Å². The van der Waals surface area contributed by atoms with E-state index in [4.69, 9.17) is 4.74 Å². The molecule has 0 saturated carbocycles. The summed E-state index contributed by atoms with van der Waals surface area (Å²) in [5.41, 5.74) is 0.924. The minimum atomic E-state index is -3.45. The maximum Gasteiger partial charge on any atom is 0.242 e. The average molecular weight is 289 g/mol. The van der Waals surface area contributed by atoms with Crippen molar-refractivity contribution in [2.24, 2.45) is 13.0 Å². The minimum absolute atomic E-state index is 0.139. The molecule has 0 aliphatic carbocycles. The van der Waals surface area contributed by atoms with Crippen LogP contribution >= 0.6 is 0 Å². The van der Waals surface area contributed by atoms with Gasteiger partial charge in [-0.3, -0.25) is 0 Å². The number of nitrogens with one attached hydrogen (secondary N) is 2. The average Bonchev–Trinajstić information content (AvgIpc) is 2.71. The van der Waals surface area contributed by atoms with Crippen LogP contribution in [-0.4, -0.2) is 40.3 Å². The van der Waals surface area contributed by atoms with Gasteiger partial charge in [0.15, 0.2) is 0 Å². The molecule has 0 fully saturated rings. The summed E-state index contributed by atoms with van der Waals surface area (Å²) in [6.45, 7) is 3.46. The van der Waals surface area contributed by atoms with E-state index in [1.807, 2.05) is 25.6 Å². The first-order chi connectivity index (χ1) is 8.90. The second-order valence-electron chi connectivity index (χ2n) is 4.72. The zero-order valence-corrected chi connectivity index (χ0v) is 12.8. The summed E-state index contributed by atoms with van der Waals surface area (Å²) in [7, 11) is 1.81. The Morgan fingerprint density at radius 2 is 2.16 bits per heavy atom. The first-order valence-corrected chi connectivity index (χ1v) is 7.67. The van der Waals surface area contributed by atoms with Crippen LogP contribution in [0.4, 0.5) is 0 Å². The van der Waals surface area contributed by atoms with Crippen LogP contribution in [0.15, 0.2) is 17.2 Å². The molecule has 19 heavy (non-hydrogen) atoms. The summed E-state index contributed by atoms with van der Waals surface area (Å²) < 4.78 is 33.6. The molecule has 0 radical (unpaired) electrons. The van der Waals surface area contributed by atoms with E-state index in [1.165, 1.54) is 0 Å². The van der Waals surface area contributed by atoms with Gasteiger partial charge in [-0.15, -0.1) is 0 Å². The molecular formula is C12H23N3O3S. The maximum absolute atomic E-state index is 12.1. The highest BCUT2D eigenvalue weighted by Gasteiger charge is 2.18.